The molecule has 0 N–H and O–H groups in total. The minimum absolute atomic E-state index is 0.389. The Kier molecular flexibility index (Phi) is 2.13. The fraction of sp³-hybridized carbons (Fsp3) is 0.111. The summed E-state index contributed by atoms with van der Waals surface area (Å²) in [7, 11) is 1.33. The van der Waals surface area contributed by atoms with Crippen molar-refractivity contribution in [3.8, 4) is 0 Å². The second-order valence-corrected chi connectivity index (χ2v) is 3.11. The van der Waals surface area contributed by atoms with Gasteiger partial charge in [0, 0.05) is 24.2 Å². The van der Waals surface area contributed by atoms with Gasteiger partial charge in [-0.15, -0.1) is 0 Å². The van der Waals surface area contributed by atoms with Crippen LogP contribution in [-0.2, 0) is 4.74 Å². The van der Waals surface area contributed by atoms with Gasteiger partial charge in [0.25, 0.3) is 0 Å². The number of hydrogen-bond donors (Lipinski definition) is 0. The van der Waals surface area contributed by atoms with Crippen molar-refractivity contribution in [1.82, 2.24) is 9.07 Å². The molecule has 14 heavy (non-hydrogen) atoms. The molecule has 0 spiro atoms. The van der Waals surface area contributed by atoms with Crippen LogP contribution in [0.15, 0.2) is 24.5 Å². The van der Waals surface area contributed by atoms with E-state index in [-0.39, 0.29) is 0 Å². The lowest BCUT2D eigenvalue weighted by Crippen LogP contribution is -2.01. The van der Waals surface area contributed by atoms with Crippen LogP contribution in [0.1, 0.15) is 10.4 Å². The van der Waals surface area contributed by atoms with Gasteiger partial charge in [-0.2, -0.15) is 0 Å². The monoisotopic (exact) mass is 210 g/mol. The summed E-state index contributed by atoms with van der Waals surface area (Å²) in [5, 5.41) is 0. The maximum absolute atomic E-state index is 11.2. The van der Waals surface area contributed by atoms with E-state index in [0.29, 0.717) is 11.1 Å². The first-order valence-electron chi connectivity index (χ1n) is 3.94. The van der Waals surface area contributed by atoms with E-state index < -0.39 is 5.97 Å². The van der Waals surface area contributed by atoms with Crippen molar-refractivity contribution in [3.63, 3.8) is 0 Å². The number of rotatable bonds is 1. The molecule has 2 aromatic rings. The largest absolute Gasteiger partial charge is 0.465 e. The fourth-order valence-electron chi connectivity index (χ4n) is 1.21. The Balaban J connectivity index is 2.60. The summed E-state index contributed by atoms with van der Waals surface area (Å²) in [6.07, 6.45) is 3.13. The third-order valence-electron chi connectivity index (χ3n) is 1.91. The highest BCUT2D eigenvalue weighted by atomic mass is 35.5. The van der Waals surface area contributed by atoms with Crippen molar-refractivity contribution >= 4 is 28.8 Å². The Labute approximate surface area is 85.2 Å². The number of pyridine rings is 1. The van der Waals surface area contributed by atoms with Gasteiger partial charge in [0.2, 0.25) is 0 Å². The predicted octanol–water partition coefficient (Wildman–Crippen LogP) is 1.82. The molecule has 0 saturated carbocycles. The molecule has 0 saturated heterocycles. The lowest BCUT2D eigenvalue weighted by molar-refractivity contribution is 0.0600. The molecular formula is C9H7ClN2O2. The van der Waals surface area contributed by atoms with E-state index in [1.54, 1.807) is 18.3 Å². The average Bonchev–Trinajstić information content (AvgIpc) is 2.59. The summed E-state index contributed by atoms with van der Waals surface area (Å²) >= 11 is 5.82. The number of halogens is 1. The van der Waals surface area contributed by atoms with E-state index in [1.165, 1.54) is 17.4 Å². The van der Waals surface area contributed by atoms with Gasteiger partial charge < -0.3 is 4.74 Å². The summed E-state index contributed by atoms with van der Waals surface area (Å²) in [6, 6.07) is 3.41. The first kappa shape index (κ1) is 9.02. The predicted molar refractivity (Wildman–Crippen MR) is 52.3 cm³/mol. The highest BCUT2D eigenvalue weighted by Crippen LogP contribution is 2.16. The molecule has 0 unspecified atom stereocenters. The summed E-state index contributed by atoms with van der Waals surface area (Å²) < 4.78 is 5.95. The maximum Gasteiger partial charge on any atom is 0.339 e. The summed E-state index contributed by atoms with van der Waals surface area (Å²) in [5.74, 6) is -0.419. The molecule has 0 aliphatic heterocycles. The summed E-state index contributed by atoms with van der Waals surface area (Å²) in [4.78, 5) is 15.2. The number of hydrogen-bond acceptors (Lipinski definition) is 3. The molecule has 5 heteroatoms. The Bertz CT molecular complexity index is 493. The number of esters is 1. The molecule has 0 bridgehead atoms. The van der Waals surface area contributed by atoms with Crippen molar-refractivity contribution in [2.24, 2.45) is 0 Å². The molecule has 2 rings (SSSR count). The minimum Gasteiger partial charge on any atom is -0.465 e. The zero-order valence-electron chi connectivity index (χ0n) is 7.40. The normalized spacial score (nSPS) is 10.4. The Morgan fingerprint density at radius 2 is 2.43 bits per heavy atom. The van der Waals surface area contributed by atoms with E-state index >= 15 is 0 Å². The molecule has 0 aliphatic carbocycles. The van der Waals surface area contributed by atoms with Crippen molar-refractivity contribution in [3.05, 3.63) is 30.1 Å². The number of ether oxygens (including phenoxy) is 1. The number of carbonyl (C=O) groups is 1. The SMILES string of the molecule is COC(=O)c1cnc2ccn(Cl)c2c1. The van der Waals surface area contributed by atoms with Crippen LogP contribution < -0.4 is 0 Å². The highest BCUT2D eigenvalue weighted by Gasteiger charge is 2.08. The number of nitrogens with zero attached hydrogens (tertiary/aromatic N) is 2. The van der Waals surface area contributed by atoms with Gasteiger partial charge in [0.15, 0.2) is 0 Å². The van der Waals surface area contributed by atoms with E-state index in [9.17, 15) is 4.79 Å². The molecule has 0 aliphatic rings. The van der Waals surface area contributed by atoms with E-state index in [0.717, 1.165) is 5.52 Å². The zero-order chi connectivity index (χ0) is 10.1. The minimum atomic E-state index is -0.419. The van der Waals surface area contributed by atoms with Crippen LogP contribution in [0.5, 0.6) is 0 Å². The second-order valence-electron chi connectivity index (χ2n) is 2.75. The molecule has 72 valence electrons. The molecule has 0 amide bonds. The van der Waals surface area contributed by atoms with Gasteiger partial charge >= 0.3 is 5.97 Å². The van der Waals surface area contributed by atoms with Crippen LogP contribution in [0.2, 0.25) is 0 Å². The number of fused-ring (bicyclic) bond motifs is 1. The third-order valence-corrected chi connectivity index (χ3v) is 2.21. The quantitative estimate of drug-likeness (QED) is 0.675. The van der Waals surface area contributed by atoms with E-state index in [1.807, 2.05) is 0 Å². The number of aromatic nitrogens is 2. The van der Waals surface area contributed by atoms with Gasteiger partial charge in [-0.3, -0.25) is 9.07 Å². The molecule has 2 aromatic heterocycles. The maximum atomic E-state index is 11.2. The van der Waals surface area contributed by atoms with Gasteiger partial charge in [-0.05, 0) is 12.1 Å². The average molecular weight is 211 g/mol. The van der Waals surface area contributed by atoms with Gasteiger partial charge in [-0.25, -0.2) is 4.79 Å². The van der Waals surface area contributed by atoms with Crippen molar-refractivity contribution in [2.75, 3.05) is 7.11 Å². The first-order chi connectivity index (χ1) is 6.72. The number of carbonyl (C=O) groups excluding carboxylic acids is 1. The molecule has 0 aromatic carbocycles. The molecule has 4 nitrogen and oxygen atoms in total. The topological polar surface area (TPSA) is 44.1 Å². The molecular weight excluding hydrogens is 204 g/mol. The van der Waals surface area contributed by atoms with Crippen LogP contribution in [0.4, 0.5) is 0 Å². The van der Waals surface area contributed by atoms with Crippen molar-refractivity contribution in [2.45, 2.75) is 0 Å². The van der Waals surface area contributed by atoms with E-state index in [4.69, 9.17) is 11.8 Å². The Hall–Kier alpha value is -1.55. The van der Waals surface area contributed by atoms with Gasteiger partial charge in [0.05, 0.1) is 23.7 Å². The summed E-state index contributed by atoms with van der Waals surface area (Å²) in [6.45, 7) is 0. The smallest absolute Gasteiger partial charge is 0.339 e. The molecule has 0 fully saturated rings. The standard InChI is InChI=1S/C9H7ClN2O2/c1-14-9(13)6-4-8-7(11-5-6)2-3-12(8)10/h2-5H,1H3. The third kappa shape index (κ3) is 1.33. The van der Waals surface area contributed by atoms with Crippen LogP contribution >= 0.6 is 11.8 Å². The fourth-order valence-corrected chi connectivity index (χ4v) is 1.40. The molecule has 2 heterocycles. The van der Waals surface area contributed by atoms with Crippen LogP contribution in [0.3, 0.4) is 0 Å². The number of methoxy groups -OCH3 is 1. The van der Waals surface area contributed by atoms with Crippen LogP contribution in [-0.4, -0.2) is 22.1 Å². The van der Waals surface area contributed by atoms with E-state index in [2.05, 4.69) is 9.72 Å². The van der Waals surface area contributed by atoms with Crippen molar-refractivity contribution in [1.29, 1.82) is 0 Å². The Morgan fingerprint density at radius 3 is 3.14 bits per heavy atom. The van der Waals surface area contributed by atoms with Crippen LogP contribution in [0.25, 0.3) is 11.0 Å². The van der Waals surface area contributed by atoms with Crippen molar-refractivity contribution < 1.29 is 9.53 Å². The summed E-state index contributed by atoms with van der Waals surface area (Å²) in [5.41, 5.74) is 1.82. The zero-order valence-corrected chi connectivity index (χ0v) is 8.15. The molecule has 0 radical (unpaired) electrons. The van der Waals surface area contributed by atoms with Gasteiger partial charge in [-0.1, -0.05) is 0 Å². The first-order valence-corrected chi connectivity index (χ1v) is 4.28. The lowest BCUT2D eigenvalue weighted by Gasteiger charge is -1.98. The van der Waals surface area contributed by atoms with Crippen LogP contribution in [0, 0.1) is 0 Å². The Morgan fingerprint density at radius 1 is 1.64 bits per heavy atom. The lowest BCUT2D eigenvalue weighted by atomic mass is 10.2. The van der Waals surface area contributed by atoms with Gasteiger partial charge in [0.1, 0.15) is 0 Å². The molecule has 0 atom stereocenters. The second kappa shape index (κ2) is 3.31. The highest BCUT2D eigenvalue weighted by molar-refractivity contribution is 6.19.